The van der Waals surface area contributed by atoms with Gasteiger partial charge in [0, 0.05) is 43.7 Å². The van der Waals surface area contributed by atoms with Crippen LogP contribution in [0.5, 0.6) is 5.75 Å². The van der Waals surface area contributed by atoms with Crippen molar-refractivity contribution in [2.75, 3.05) is 32.7 Å². The van der Waals surface area contributed by atoms with Crippen molar-refractivity contribution >= 4 is 17.4 Å². The summed E-state index contributed by atoms with van der Waals surface area (Å²) in [6.07, 6.45) is 0. The van der Waals surface area contributed by atoms with Crippen molar-refractivity contribution in [3.63, 3.8) is 0 Å². The number of carbonyl (C=O) groups excluding carboxylic acids is 1. The van der Waals surface area contributed by atoms with Crippen molar-refractivity contribution in [1.29, 1.82) is 0 Å². The Bertz CT molecular complexity index is 540. The Balaban J connectivity index is 2.17. The number of nitrogens with one attached hydrogen (secondary N) is 1. The monoisotopic (exact) mass is 324 g/mol. The van der Waals surface area contributed by atoms with Crippen LogP contribution in [-0.2, 0) is 0 Å². The van der Waals surface area contributed by atoms with Crippen molar-refractivity contribution in [3.05, 3.63) is 28.3 Å². The number of hydrogen-bond acceptors (Lipinski definition) is 4. The highest BCUT2D eigenvalue weighted by Gasteiger charge is 2.24. The number of halogens is 1. The smallest absolute Gasteiger partial charge is 0.170 e. The lowest BCUT2D eigenvalue weighted by molar-refractivity contribution is 0.0884. The van der Waals surface area contributed by atoms with Gasteiger partial charge in [-0.2, -0.15) is 0 Å². The number of aromatic hydroxyl groups is 1. The lowest BCUT2D eigenvalue weighted by Gasteiger charge is -2.29. The molecular formula is C17H25ClN2O2. The number of nitrogens with zero attached hydrogens (tertiary/aromatic N) is 1. The summed E-state index contributed by atoms with van der Waals surface area (Å²) in [6.45, 7) is 10.4. The molecule has 0 radical (unpaired) electrons. The number of phenols is 1. The lowest BCUT2D eigenvalue weighted by Crippen LogP contribution is -2.45. The minimum atomic E-state index is -0.164. The molecule has 1 fully saturated rings. The van der Waals surface area contributed by atoms with E-state index in [-0.39, 0.29) is 23.4 Å². The fourth-order valence-corrected chi connectivity index (χ4v) is 3.10. The van der Waals surface area contributed by atoms with Crippen LogP contribution in [-0.4, -0.2) is 48.5 Å². The molecule has 122 valence electrons. The molecule has 0 amide bonds. The van der Waals surface area contributed by atoms with Gasteiger partial charge in [0.05, 0.1) is 5.56 Å². The minimum absolute atomic E-state index is 0.0413. The molecular weight excluding hydrogens is 300 g/mol. The molecule has 1 unspecified atom stereocenters. The van der Waals surface area contributed by atoms with Gasteiger partial charge in [-0.05, 0) is 23.6 Å². The summed E-state index contributed by atoms with van der Waals surface area (Å²) in [5, 5.41) is 14.2. The number of phenolic OH excluding ortho intramolecular Hbond substituents is 1. The third kappa shape index (κ3) is 4.00. The van der Waals surface area contributed by atoms with E-state index in [4.69, 9.17) is 11.6 Å². The van der Waals surface area contributed by atoms with Gasteiger partial charge in [0.25, 0.3) is 0 Å². The van der Waals surface area contributed by atoms with Crippen LogP contribution in [0.25, 0.3) is 0 Å². The van der Waals surface area contributed by atoms with Crippen LogP contribution >= 0.6 is 11.6 Å². The van der Waals surface area contributed by atoms with E-state index < -0.39 is 0 Å². The molecule has 1 atom stereocenters. The Hall–Kier alpha value is -1.10. The predicted octanol–water partition coefficient (Wildman–Crippen LogP) is 2.89. The second-order valence-corrected chi connectivity index (χ2v) is 6.80. The number of carbonyl (C=O) groups is 1. The zero-order valence-corrected chi connectivity index (χ0v) is 14.3. The summed E-state index contributed by atoms with van der Waals surface area (Å²) in [5.41, 5.74) is 1.07. The maximum absolute atomic E-state index is 12.7. The van der Waals surface area contributed by atoms with Crippen LogP contribution in [0.4, 0.5) is 0 Å². The number of hydrogen-bond donors (Lipinski definition) is 2. The fourth-order valence-electron chi connectivity index (χ4n) is 2.88. The first-order chi connectivity index (χ1) is 10.4. The molecule has 1 aromatic carbocycles. The normalized spacial score (nSPS) is 17.7. The highest BCUT2D eigenvalue weighted by atomic mass is 35.5. The summed E-state index contributed by atoms with van der Waals surface area (Å²) in [4.78, 5) is 15.0. The van der Waals surface area contributed by atoms with Gasteiger partial charge in [-0.1, -0.05) is 32.4 Å². The first-order valence-electron chi connectivity index (χ1n) is 7.89. The molecule has 1 saturated heterocycles. The third-order valence-corrected chi connectivity index (χ3v) is 4.40. The maximum atomic E-state index is 12.7. The Morgan fingerprint density at radius 1 is 1.32 bits per heavy atom. The second kappa shape index (κ2) is 7.44. The predicted molar refractivity (Wildman–Crippen MR) is 90.0 cm³/mol. The van der Waals surface area contributed by atoms with Gasteiger partial charge in [0.1, 0.15) is 5.75 Å². The van der Waals surface area contributed by atoms with Crippen molar-refractivity contribution < 1.29 is 9.90 Å². The standard InChI is InChI=1S/C17H25ClN2O2/c1-11(2)14-8-13(18)9-15(17(14)22)16(21)12(3)10-20-6-4-19-5-7-20/h8-9,11-12,19,22H,4-7,10H2,1-3H3. The Kier molecular flexibility index (Phi) is 5.84. The fraction of sp³-hybridized carbons (Fsp3) is 0.588. The zero-order chi connectivity index (χ0) is 16.3. The van der Waals surface area contributed by atoms with E-state index in [2.05, 4.69) is 10.2 Å². The largest absolute Gasteiger partial charge is 0.507 e. The van der Waals surface area contributed by atoms with Crippen LogP contribution in [0.1, 0.15) is 42.6 Å². The quantitative estimate of drug-likeness (QED) is 0.818. The summed E-state index contributed by atoms with van der Waals surface area (Å²) in [7, 11) is 0. The molecule has 1 aliphatic rings. The van der Waals surface area contributed by atoms with E-state index in [0.29, 0.717) is 17.1 Å². The van der Waals surface area contributed by atoms with E-state index in [1.807, 2.05) is 20.8 Å². The Morgan fingerprint density at radius 2 is 1.95 bits per heavy atom. The summed E-state index contributed by atoms with van der Waals surface area (Å²) in [5.74, 6) is -0.00630. The van der Waals surface area contributed by atoms with Gasteiger partial charge in [-0.3, -0.25) is 4.79 Å². The van der Waals surface area contributed by atoms with Crippen LogP contribution in [0.2, 0.25) is 5.02 Å². The lowest BCUT2D eigenvalue weighted by atomic mass is 9.92. The van der Waals surface area contributed by atoms with Gasteiger partial charge in [0.2, 0.25) is 0 Å². The summed E-state index contributed by atoms with van der Waals surface area (Å²) >= 11 is 6.12. The van der Waals surface area contributed by atoms with Gasteiger partial charge < -0.3 is 15.3 Å². The molecule has 0 bridgehead atoms. The molecule has 0 saturated carbocycles. The number of ketones is 1. The van der Waals surface area contributed by atoms with E-state index in [0.717, 1.165) is 31.7 Å². The first kappa shape index (κ1) is 17.3. The number of rotatable bonds is 5. The molecule has 0 spiro atoms. The average molecular weight is 325 g/mol. The molecule has 0 aliphatic carbocycles. The zero-order valence-electron chi connectivity index (χ0n) is 13.5. The van der Waals surface area contributed by atoms with Gasteiger partial charge in [-0.15, -0.1) is 0 Å². The second-order valence-electron chi connectivity index (χ2n) is 6.36. The number of Topliss-reactive ketones (excluding diaryl/α,β-unsaturated/α-hetero) is 1. The van der Waals surface area contributed by atoms with Crippen molar-refractivity contribution in [2.24, 2.45) is 5.92 Å². The summed E-state index contributed by atoms with van der Waals surface area (Å²) < 4.78 is 0. The van der Waals surface area contributed by atoms with E-state index in [1.165, 1.54) is 0 Å². The molecule has 2 rings (SSSR count). The van der Waals surface area contributed by atoms with Crippen molar-refractivity contribution in [2.45, 2.75) is 26.7 Å². The molecule has 2 N–H and O–H groups in total. The van der Waals surface area contributed by atoms with E-state index in [9.17, 15) is 9.90 Å². The highest BCUT2D eigenvalue weighted by Crippen LogP contribution is 2.33. The first-order valence-corrected chi connectivity index (χ1v) is 8.27. The van der Waals surface area contributed by atoms with Crippen molar-refractivity contribution in [3.8, 4) is 5.75 Å². The molecule has 22 heavy (non-hydrogen) atoms. The van der Waals surface area contributed by atoms with Crippen molar-refractivity contribution in [1.82, 2.24) is 10.2 Å². The Morgan fingerprint density at radius 3 is 2.55 bits per heavy atom. The van der Waals surface area contributed by atoms with Crippen LogP contribution in [0, 0.1) is 5.92 Å². The van der Waals surface area contributed by atoms with E-state index >= 15 is 0 Å². The van der Waals surface area contributed by atoms with E-state index in [1.54, 1.807) is 12.1 Å². The maximum Gasteiger partial charge on any atom is 0.170 e. The van der Waals surface area contributed by atoms with Crippen LogP contribution in [0.3, 0.4) is 0 Å². The molecule has 1 aliphatic heterocycles. The number of piperazine rings is 1. The minimum Gasteiger partial charge on any atom is -0.507 e. The van der Waals surface area contributed by atoms with Gasteiger partial charge >= 0.3 is 0 Å². The summed E-state index contributed by atoms with van der Waals surface area (Å²) in [6, 6.07) is 3.32. The molecule has 4 nitrogen and oxygen atoms in total. The van der Waals surface area contributed by atoms with Gasteiger partial charge in [-0.25, -0.2) is 0 Å². The number of benzene rings is 1. The average Bonchev–Trinajstić information content (AvgIpc) is 2.49. The van der Waals surface area contributed by atoms with Gasteiger partial charge in [0.15, 0.2) is 5.78 Å². The molecule has 1 heterocycles. The molecule has 1 aromatic rings. The Labute approximate surface area is 137 Å². The topological polar surface area (TPSA) is 52.6 Å². The third-order valence-electron chi connectivity index (χ3n) is 4.18. The molecule has 0 aromatic heterocycles. The SMILES string of the molecule is CC(CN1CCNCC1)C(=O)c1cc(Cl)cc(C(C)C)c1O. The van der Waals surface area contributed by atoms with Crippen LogP contribution in [0.15, 0.2) is 12.1 Å². The highest BCUT2D eigenvalue weighted by molar-refractivity contribution is 6.31. The molecule has 5 heteroatoms. The van der Waals surface area contributed by atoms with Crippen LogP contribution < -0.4 is 5.32 Å².